The Labute approximate surface area is 256 Å². The van der Waals surface area contributed by atoms with Crippen molar-refractivity contribution in [2.24, 2.45) is 23.2 Å². The van der Waals surface area contributed by atoms with Crippen LogP contribution >= 0.6 is 0 Å². The van der Waals surface area contributed by atoms with Crippen LogP contribution in [0.25, 0.3) is 0 Å². The molecule has 0 aromatic rings. The van der Waals surface area contributed by atoms with Crippen LogP contribution in [0.5, 0.6) is 0 Å². The van der Waals surface area contributed by atoms with E-state index in [1.54, 1.807) is 0 Å². The maximum absolute atomic E-state index is 12.5. The number of esters is 2. The first kappa shape index (κ1) is 34.6. The smallest absolute Gasteiger partial charge is 0.306 e. The summed E-state index contributed by atoms with van der Waals surface area (Å²) < 4.78 is 11.8. The highest BCUT2D eigenvalue weighted by atomic mass is 16.6. The number of unbranched alkanes of at least 4 members (excludes halogenated alkanes) is 2. The van der Waals surface area contributed by atoms with Gasteiger partial charge in [0.05, 0.1) is 5.60 Å². The molecule has 238 valence electrons. The van der Waals surface area contributed by atoms with E-state index in [0.717, 1.165) is 56.1 Å². The van der Waals surface area contributed by atoms with Gasteiger partial charge in [0.2, 0.25) is 0 Å². The summed E-state index contributed by atoms with van der Waals surface area (Å²) in [6, 6.07) is 0. The fourth-order valence-corrected chi connectivity index (χ4v) is 8.02. The minimum absolute atomic E-state index is 0.167. The third kappa shape index (κ3) is 9.56. The van der Waals surface area contributed by atoms with Crippen LogP contribution in [0.3, 0.4) is 0 Å². The number of carbonyl (C=O) groups excluding carboxylic acids is 2. The summed E-state index contributed by atoms with van der Waals surface area (Å²) in [5.74, 6) is 1.59. The number of rotatable bonds is 14. The topological polar surface area (TPSA) is 72.8 Å². The van der Waals surface area contributed by atoms with E-state index >= 15 is 0 Å². The molecular formula is C37H60O5. The highest BCUT2D eigenvalue weighted by Gasteiger charge is 2.50. The lowest BCUT2D eigenvalue weighted by molar-refractivity contribution is -0.155. The lowest BCUT2D eigenvalue weighted by Crippen LogP contribution is -2.36. The zero-order chi connectivity index (χ0) is 30.9. The highest BCUT2D eigenvalue weighted by molar-refractivity contribution is 5.70. The average Bonchev–Trinajstić information content (AvgIpc) is 3.28. The predicted octanol–water partition coefficient (Wildman–Crippen LogP) is 9.19. The Hall–Kier alpha value is -1.88. The average molecular weight is 585 g/mol. The summed E-state index contributed by atoms with van der Waals surface area (Å²) >= 11 is 0. The van der Waals surface area contributed by atoms with Gasteiger partial charge in [0.15, 0.2) is 0 Å². The number of carbonyl (C=O) groups is 2. The van der Waals surface area contributed by atoms with E-state index in [0.29, 0.717) is 48.9 Å². The summed E-state index contributed by atoms with van der Waals surface area (Å²) in [6.07, 6.45) is 18.5. The minimum Gasteiger partial charge on any atom is -0.462 e. The maximum atomic E-state index is 12.5. The molecule has 0 aromatic carbocycles. The SMILES string of the molecule is C=C1/C(=C\C=C2CCC[C@@]3(C)C2CC[C@@H]3[C@H](C)CCCC(C)(C)O)C[C@@H](OC(=O)CCCC)C[C@H]1OC(=O)CCCC. The van der Waals surface area contributed by atoms with Crippen LogP contribution in [0, 0.1) is 23.2 Å². The van der Waals surface area contributed by atoms with Crippen molar-refractivity contribution < 1.29 is 24.2 Å². The van der Waals surface area contributed by atoms with Crippen molar-refractivity contribution in [2.45, 2.75) is 162 Å². The molecule has 0 aliphatic heterocycles. The van der Waals surface area contributed by atoms with E-state index < -0.39 is 11.7 Å². The van der Waals surface area contributed by atoms with Crippen LogP contribution in [-0.2, 0) is 19.1 Å². The molecule has 0 spiro atoms. The monoisotopic (exact) mass is 584 g/mol. The standard InChI is InChI=1S/C37H60O5/c1-8-10-16-34(38)41-30-24-29(27(4)33(25-30)42-35(39)17-11-9-2)19-18-28-15-13-23-37(7)31(20-21-32(28)37)26(3)14-12-22-36(5,6)40/h18-19,26,30-33,40H,4,8-17,20-25H2,1-3,5-7H3/b28-18?,29-19-/t26-,30-,31-,32?,33-,37-/m1/s1. The molecule has 0 bridgehead atoms. The van der Waals surface area contributed by atoms with E-state index in [1.165, 1.54) is 37.7 Å². The summed E-state index contributed by atoms with van der Waals surface area (Å²) in [5.41, 5.74) is 3.15. The fourth-order valence-electron chi connectivity index (χ4n) is 8.02. The zero-order valence-corrected chi connectivity index (χ0v) is 27.6. The molecule has 0 amide bonds. The minimum atomic E-state index is -0.584. The number of hydrogen-bond donors (Lipinski definition) is 1. The first-order valence-electron chi connectivity index (χ1n) is 17.1. The highest BCUT2D eigenvalue weighted by Crippen LogP contribution is 2.60. The van der Waals surface area contributed by atoms with Gasteiger partial charge >= 0.3 is 11.9 Å². The van der Waals surface area contributed by atoms with Crippen LogP contribution in [0.15, 0.2) is 35.5 Å². The Morgan fingerprint density at radius 1 is 1.07 bits per heavy atom. The Morgan fingerprint density at radius 2 is 1.74 bits per heavy atom. The molecule has 3 fully saturated rings. The number of allylic oxidation sites excluding steroid dienone is 3. The Kier molecular flexibility index (Phi) is 13.0. The summed E-state index contributed by atoms with van der Waals surface area (Å²) in [5, 5.41) is 10.2. The second-order valence-electron chi connectivity index (χ2n) is 14.5. The van der Waals surface area contributed by atoms with Crippen LogP contribution in [0.2, 0.25) is 0 Å². The van der Waals surface area contributed by atoms with Gasteiger partial charge in [0.1, 0.15) is 12.2 Å². The third-order valence-corrected chi connectivity index (χ3v) is 10.4. The van der Waals surface area contributed by atoms with Crippen molar-refractivity contribution in [1.82, 2.24) is 0 Å². The lowest BCUT2D eigenvalue weighted by Gasteiger charge is -2.44. The van der Waals surface area contributed by atoms with Crippen molar-refractivity contribution in [2.75, 3.05) is 0 Å². The quantitative estimate of drug-likeness (QED) is 0.206. The van der Waals surface area contributed by atoms with E-state index in [4.69, 9.17) is 9.47 Å². The van der Waals surface area contributed by atoms with Crippen molar-refractivity contribution in [3.05, 3.63) is 35.5 Å². The molecule has 1 N–H and O–H groups in total. The van der Waals surface area contributed by atoms with Gasteiger partial charge in [0, 0.05) is 25.7 Å². The molecule has 3 aliphatic carbocycles. The van der Waals surface area contributed by atoms with Gasteiger partial charge in [-0.25, -0.2) is 0 Å². The number of aliphatic hydroxyl groups is 1. The molecule has 3 rings (SSSR count). The maximum Gasteiger partial charge on any atom is 0.306 e. The molecule has 1 unspecified atom stereocenters. The van der Waals surface area contributed by atoms with Gasteiger partial charge in [-0.3, -0.25) is 9.59 Å². The van der Waals surface area contributed by atoms with Crippen LogP contribution in [-0.4, -0.2) is 34.9 Å². The normalized spacial score (nSPS) is 30.8. The Bertz CT molecular complexity index is 985. The van der Waals surface area contributed by atoms with Crippen molar-refractivity contribution in [3.63, 3.8) is 0 Å². The Balaban J connectivity index is 1.76. The van der Waals surface area contributed by atoms with Crippen molar-refractivity contribution >= 4 is 11.9 Å². The second-order valence-corrected chi connectivity index (χ2v) is 14.5. The summed E-state index contributed by atoms with van der Waals surface area (Å²) in [4.78, 5) is 25.0. The lowest BCUT2D eigenvalue weighted by atomic mass is 9.60. The van der Waals surface area contributed by atoms with Crippen LogP contribution < -0.4 is 0 Å². The molecule has 0 aromatic heterocycles. The molecule has 0 radical (unpaired) electrons. The fraction of sp³-hybridized carbons (Fsp3) is 0.784. The molecule has 0 saturated heterocycles. The largest absolute Gasteiger partial charge is 0.462 e. The number of fused-ring (bicyclic) bond motifs is 1. The molecule has 3 saturated carbocycles. The zero-order valence-electron chi connectivity index (χ0n) is 27.6. The number of ether oxygens (including phenoxy) is 2. The Morgan fingerprint density at radius 3 is 2.38 bits per heavy atom. The second kappa shape index (κ2) is 15.7. The first-order valence-corrected chi connectivity index (χ1v) is 17.1. The molecular weight excluding hydrogens is 524 g/mol. The van der Waals surface area contributed by atoms with Crippen molar-refractivity contribution in [1.29, 1.82) is 0 Å². The van der Waals surface area contributed by atoms with E-state index in [1.807, 2.05) is 13.8 Å². The van der Waals surface area contributed by atoms with Gasteiger partial charge < -0.3 is 14.6 Å². The van der Waals surface area contributed by atoms with Gasteiger partial charge in [-0.2, -0.15) is 0 Å². The van der Waals surface area contributed by atoms with E-state index in [9.17, 15) is 14.7 Å². The van der Waals surface area contributed by atoms with Crippen molar-refractivity contribution in [3.8, 4) is 0 Å². The van der Waals surface area contributed by atoms with Gasteiger partial charge in [-0.15, -0.1) is 0 Å². The van der Waals surface area contributed by atoms with Gasteiger partial charge in [-0.05, 0) is 99.5 Å². The molecule has 6 atom stereocenters. The molecule has 0 heterocycles. The van der Waals surface area contributed by atoms with E-state index in [-0.39, 0.29) is 18.0 Å². The number of hydrogen-bond acceptors (Lipinski definition) is 5. The van der Waals surface area contributed by atoms with Gasteiger partial charge in [-0.1, -0.05) is 77.7 Å². The summed E-state index contributed by atoms with van der Waals surface area (Å²) in [6.45, 7) is 17.3. The molecule has 5 heteroatoms. The molecule has 5 nitrogen and oxygen atoms in total. The first-order chi connectivity index (χ1) is 19.9. The predicted molar refractivity (Wildman–Crippen MR) is 171 cm³/mol. The summed E-state index contributed by atoms with van der Waals surface area (Å²) in [7, 11) is 0. The van der Waals surface area contributed by atoms with E-state index in [2.05, 4.69) is 46.4 Å². The van der Waals surface area contributed by atoms with Crippen LogP contribution in [0.4, 0.5) is 0 Å². The van der Waals surface area contributed by atoms with Gasteiger partial charge in [0.25, 0.3) is 0 Å². The molecule has 3 aliphatic rings. The third-order valence-electron chi connectivity index (χ3n) is 10.4. The van der Waals surface area contributed by atoms with Crippen LogP contribution in [0.1, 0.15) is 144 Å². The molecule has 42 heavy (non-hydrogen) atoms.